The van der Waals surface area contributed by atoms with Gasteiger partial charge in [0.1, 0.15) is 24.9 Å². The van der Waals surface area contributed by atoms with Gasteiger partial charge < -0.3 is 14.2 Å². The van der Waals surface area contributed by atoms with Gasteiger partial charge in [-0.3, -0.25) is 9.36 Å². The molecule has 1 aromatic heterocycles. The number of rotatable bonds is 0. The molecular weight excluding hydrogens is 240 g/mol. The molecule has 0 spiro atoms. The Morgan fingerprint density at radius 2 is 2.00 bits per heavy atom. The first-order valence-corrected chi connectivity index (χ1v) is 5.85. The van der Waals surface area contributed by atoms with Gasteiger partial charge in [-0.1, -0.05) is 0 Å². The summed E-state index contributed by atoms with van der Waals surface area (Å²) < 4.78 is 19.2. The van der Waals surface area contributed by atoms with Crippen LogP contribution in [0.5, 0.6) is 5.88 Å². The van der Waals surface area contributed by atoms with Crippen LogP contribution >= 0.6 is 0 Å². The Hall–Kier alpha value is -1.60. The first kappa shape index (κ1) is 10.3. The van der Waals surface area contributed by atoms with Crippen LogP contribution in [0.3, 0.4) is 0 Å². The van der Waals surface area contributed by atoms with Crippen molar-refractivity contribution in [3.8, 4) is 5.88 Å². The molecular formula is C11H12N2O5. The third-order valence-corrected chi connectivity index (χ3v) is 3.82. The Balaban J connectivity index is 2.04. The van der Waals surface area contributed by atoms with Crippen LogP contribution in [0, 0.1) is 6.92 Å². The van der Waals surface area contributed by atoms with E-state index in [1.165, 1.54) is 11.6 Å². The second kappa shape index (κ2) is 3.04. The number of hydrogen-bond acceptors (Lipinski definition) is 5. The number of nitrogens with zero attached hydrogens (tertiary/aromatic N) is 2. The molecule has 0 N–H and O–H groups in total. The molecule has 3 aliphatic rings. The van der Waals surface area contributed by atoms with Crippen LogP contribution in [0.4, 0.5) is 0 Å². The van der Waals surface area contributed by atoms with Gasteiger partial charge in [0.05, 0.1) is 5.56 Å². The number of aromatic nitrogens is 2. The summed E-state index contributed by atoms with van der Waals surface area (Å²) in [5.41, 5.74) is -0.342. The molecule has 4 rings (SSSR count). The summed E-state index contributed by atoms with van der Waals surface area (Å²) >= 11 is 0. The molecule has 96 valence electrons. The van der Waals surface area contributed by atoms with E-state index < -0.39 is 11.9 Å². The Morgan fingerprint density at radius 3 is 2.78 bits per heavy atom. The Bertz CT molecular complexity index is 661. The lowest BCUT2D eigenvalue weighted by atomic mass is 10.2. The van der Waals surface area contributed by atoms with Gasteiger partial charge in [0.2, 0.25) is 5.88 Å². The molecule has 4 atom stereocenters. The molecule has 2 bridgehead atoms. The fraction of sp³-hybridized carbons (Fsp3) is 0.636. The van der Waals surface area contributed by atoms with Crippen molar-refractivity contribution in [1.82, 2.24) is 9.13 Å². The lowest BCUT2D eigenvalue weighted by molar-refractivity contribution is -0.0653. The van der Waals surface area contributed by atoms with Crippen molar-refractivity contribution in [2.75, 3.05) is 6.61 Å². The number of fused-ring (bicyclic) bond motifs is 7. The third-order valence-electron chi connectivity index (χ3n) is 3.82. The lowest BCUT2D eigenvalue weighted by Crippen LogP contribution is -2.42. The van der Waals surface area contributed by atoms with Gasteiger partial charge in [0.25, 0.3) is 5.56 Å². The normalized spacial score (nSPS) is 35.4. The highest BCUT2D eigenvalue weighted by molar-refractivity contribution is 5.26. The van der Waals surface area contributed by atoms with Gasteiger partial charge in [-0.15, -0.1) is 0 Å². The van der Waals surface area contributed by atoms with Crippen molar-refractivity contribution < 1.29 is 14.2 Å². The molecule has 0 amide bonds. The minimum atomic E-state index is -0.476. The number of epoxide rings is 1. The molecule has 0 aromatic carbocycles. The van der Waals surface area contributed by atoms with Crippen LogP contribution in [0.2, 0.25) is 0 Å². The quantitative estimate of drug-likeness (QED) is 0.549. The van der Waals surface area contributed by atoms with E-state index in [1.54, 1.807) is 6.92 Å². The van der Waals surface area contributed by atoms with Crippen molar-refractivity contribution in [2.24, 2.45) is 7.05 Å². The highest BCUT2D eigenvalue weighted by atomic mass is 16.7. The molecule has 0 radical (unpaired) electrons. The van der Waals surface area contributed by atoms with Gasteiger partial charge in [-0.05, 0) is 6.92 Å². The molecule has 2 fully saturated rings. The Morgan fingerprint density at radius 1 is 1.22 bits per heavy atom. The van der Waals surface area contributed by atoms with Crippen molar-refractivity contribution >= 4 is 0 Å². The van der Waals surface area contributed by atoms with Crippen LogP contribution in [-0.4, -0.2) is 34.1 Å². The zero-order valence-electron chi connectivity index (χ0n) is 9.95. The Kier molecular flexibility index (Phi) is 1.75. The van der Waals surface area contributed by atoms with Gasteiger partial charge in [-0.25, -0.2) is 9.36 Å². The van der Waals surface area contributed by atoms with Crippen LogP contribution in [0.15, 0.2) is 9.59 Å². The minimum absolute atomic E-state index is 0.0209. The number of hydrogen-bond donors (Lipinski definition) is 0. The summed E-state index contributed by atoms with van der Waals surface area (Å²) in [7, 11) is 1.45. The average Bonchev–Trinajstić information content (AvgIpc) is 3.08. The molecule has 2 saturated heterocycles. The maximum absolute atomic E-state index is 12.2. The van der Waals surface area contributed by atoms with E-state index in [0.717, 1.165) is 4.57 Å². The maximum atomic E-state index is 12.2. The van der Waals surface area contributed by atoms with Gasteiger partial charge >= 0.3 is 5.69 Å². The van der Waals surface area contributed by atoms with E-state index in [-0.39, 0.29) is 23.9 Å². The van der Waals surface area contributed by atoms with Crippen molar-refractivity contribution in [3.05, 3.63) is 26.4 Å². The van der Waals surface area contributed by atoms with E-state index >= 15 is 0 Å². The summed E-state index contributed by atoms with van der Waals surface area (Å²) in [5, 5.41) is 0. The molecule has 0 unspecified atom stereocenters. The van der Waals surface area contributed by atoms with Gasteiger partial charge in [-0.2, -0.15) is 0 Å². The van der Waals surface area contributed by atoms with E-state index in [0.29, 0.717) is 18.1 Å². The smallest absolute Gasteiger partial charge is 0.335 e. The second-order valence-corrected chi connectivity index (χ2v) is 4.89. The molecule has 18 heavy (non-hydrogen) atoms. The summed E-state index contributed by atoms with van der Waals surface area (Å²) in [5.74, 6) is 0.310. The predicted molar refractivity (Wildman–Crippen MR) is 58.7 cm³/mol. The summed E-state index contributed by atoms with van der Waals surface area (Å²) in [4.78, 5) is 24.1. The molecule has 1 aromatic rings. The van der Waals surface area contributed by atoms with Crippen molar-refractivity contribution in [1.29, 1.82) is 0 Å². The third kappa shape index (κ3) is 1.06. The fourth-order valence-electron chi connectivity index (χ4n) is 2.76. The van der Waals surface area contributed by atoms with E-state index in [9.17, 15) is 9.59 Å². The first-order chi connectivity index (χ1) is 8.59. The zero-order valence-corrected chi connectivity index (χ0v) is 9.95. The van der Waals surface area contributed by atoms with E-state index in [1.807, 2.05) is 0 Å². The zero-order chi connectivity index (χ0) is 12.6. The summed E-state index contributed by atoms with van der Waals surface area (Å²) in [6.07, 6.45) is -0.700. The minimum Gasteiger partial charge on any atom is -0.475 e. The molecule has 0 aliphatic carbocycles. The predicted octanol–water partition coefficient (Wildman–Crippen LogP) is -1.09. The highest BCUT2D eigenvalue weighted by Crippen LogP contribution is 2.47. The standard InChI is InChI=1S/C11H12N2O5/c1-4-8(14)12(2)11(15)13-9(4)16-3-5-6-7(18-6)10(13)17-5/h5-7,10H,3H2,1-2H3/t5-,6-,7-,10-/m1/s1. The molecule has 7 nitrogen and oxygen atoms in total. The molecule has 7 heteroatoms. The SMILES string of the molecule is Cc1c2n(c(=O)n(C)c1=O)[C@@H]1O[C@H](CO2)[C@H]2O[C@H]21. The monoisotopic (exact) mass is 252 g/mol. The van der Waals surface area contributed by atoms with Crippen molar-refractivity contribution in [3.63, 3.8) is 0 Å². The fourth-order valence-corrected chi connectivity index (χ4v) is 2.76. The average molecular weight is 252 g/mol. The maximum Gasteiger partial charge on any atom is 0.335 e. The van der Waals surface area contributed by atoms with Crippen LogP contribution in [0.25, 0.3) is 0 Å². The molecule has 4 heterocycles. The number of ether oxygens (including phenoxy) is 3. The highest BCUT2D eigenvalue weighted by Gasteiger charge is 2.61. The van der Waals surface area contributed by atoms with E-state index in [2.05, 4.69) is 0 Å². The van der Waals surface area contributed by atoms with Crippen molar-refractivity contribution in [2.45, 2.75) is 31.5 Å². The second-order valence-electron chi connectivity index (χ2n) is 4.89. The Labute approximate surface area is 101 Å². The largest absolute Gasteiger partial charge is 0.475 e. The summed E-state index contributed by atoms with van der Waals surface area (Å²) in [6.45, 7) is 1.96. The molecule has 3 aliphatic heterocycles. The van der Waals surface area contributed by atoms with Crippen LogP contribution < -0.4 is 16.0 Å². The summed E-state index contributed by atoms with van der Waals surface area (Å²) in [6, 6.07) is 0. The van der Waals surface area contributed by atoms with E-state index in [4.69, 9.17) is 14.2 Å². The topological polar surface area (TPSA) is 75.0 Å². The van der Waals surface area contributed by atoms with Crippen LogP contribution in [0.1, 0.15) is 11.8 Å². The lowest BCUT2D eigenvalue weighted by Gasteiger charge is -2.18. The van der Waals surface area contributed by atoms with Gasteiger partial charge in [0, 0.05) is 7.05 Å². The van der Waals surface area contributed by atoms with Gasteiger partial charge in [0.15, 0.2) is 6.23 Å². The van der Waals surface area contributed by atoms with Crippen LogP contribution in [-0.2, 0) is 16.5 Å². The molecule has 0 saturated carbocycles. The first-order valence-electron chi connectivity index (χ1n) is 5.85.